The Morgan fingerprint density at radius 1 is 1.10 bits per heavy atom. The first-order chi connectivity index (χ1) is 10.1. The Labute approximate surface area is 126 Å². The van der Waals surface area contributed by atoms with Crippen LogP contribution in [0.25, 0.3) is 0 Å². The van der Waals surface area contributed by atoms with Crippen LogP contribution in [-0.2, 0) is 6.54 Å². The van der Waals surface area contributed by atoms with E-state index in [0.717, 1.165) is 5.56 Å². The van der Waals surface area contributed by atoms with E-state index in [-0.39, 0.29) is 11.3 Å². The third-order valence-corrected chi connectivity index (χ3v) is 2.99. The van der Waals surface area contributed by atoms with Crippen LogP contribution in [0.2, 0.25) is 5.02 Å². The van der Waals surface area contributed by atoms with Crippen LogP contribution in [0.4, 0.5) is 10.5 Å². The van der Waals surface area contributed by atoms with Crippen molar-refractivity contribution >= 4 is 29.3 Å². The summed E-state index contributed by atoms with van der Waals surface area (Å²) in [5.41, 5.74) is 1.08. The van der Waals surface area contributed by atoms with Crippen molar-refractivity contribution in [1.82, 2.24) is 5.32 Å². The highest BCUT2D eigenvalue weighted by Gasteiger charge is 2.12. The van der Waals surface area contributed by atoms with Crippen LogP contribution >= 0.6 is 11.6 Å². The molecule has 108 valence electrons. The third-order valence-electron chi connectivity index (χ3n) is 2.76. The van der Waals surface area contributed by atoms with Crippen molar-refractivity contribution in [1.29, 1.82) is 0 Å². The van der Waals surface area contributed by atoms with Gasteiger partial charge < -0.3 is 15.7 Å². The number of hydrogen-bond acceptors (Lipinski definition) is 2. The number of aromatic carboxylic acids is 1. The number of nitrogens with one attached hydrogen (secondary N) is 2. The molecule has 2 amide bonds. The van der Waals surface area contributed by atoms with E-state index in [1.54, 1.807) is 0 Å². The zero-order chi connectivity index (χ0) is 15.2. The van der Waals surface area contributed by atoms with Gasteiger partial charge in [0.1, 0.15) is 0 Å². The Hall–Kier alpha value is -2.53. The molecule has 3 N–H and O–H groups in total. The molecule has 6 heteroatoms. The number of benzene rings is 2. The summed E-state index contributed by atoms with van der Waals surface area (Å²) in [5.74, 6) is -1.16. The predicted octanol–water partition coefficient (Wildman–Crippen LogP) is 3.36. The molecule has 21 heavy (non-hydrogen) atoms. The average Bonchev–Trinajstić information content (AvgIpc) is 2.48. The number of urea groups is 1. The Balaban J connectivity index is 2.01. The number of amides is 2. The van der Waals surface area contributed by atoms with Crippen molar-refractivity contribution in [2.24, 2.45) is 0 Å². The lowest BCUT2D eigenvalue weighted by Gasteiger charge is -2.10. The molecule has 0 saturated heterocycles. The number of carbonyl (C=O) groups is 2. The molecule has 2 aromatic carbocycles. The van der Waals surface area contributed by atoms with E-state index in [1.807, 2.05) is 30.3 Å². The van der Waals surface area contributed by atoms with E-state index in [2.05, 4.69) is 10.6 Å². The summed E-state index contributed by atoms with van der Waals surface area (Å²) < 4.78 is 0. The number of carboxylic acid groups (broad SMARTS) is 1. The van der Waals surface area contributed by atoms with Gasteiger partial charge in [-0.2, -0.15) is 0 Å². The zero-order valence-corrected chi connectivity index (χ0v) is 11.7. The van der Waals surface area contributed by atoms with E-state index in [0.29, 0.717) is 11.6 Å². The number of anilines is 1. The standard InChI is InChI=1S/C15H13ClN2O3/c16-11-6-7-13(12(8-11)14(19)20)18-15(21)17-9-10-4-2-1-3-5-10/h1-8H,9H2,(H,19,20)(H2,17,18,21). The molecule has 0 radical (unpaired) electrons. The van der Waals surface area contributed by atoms with Crippen molar-refractivity contribution in [3.8, 4) is 0 Å². The molecule has 0 saturated carbocycles. The van der Waals surface area contributed by atoms with Gasteiger partial charge in [0, 0.05) is 11.6 Å². The molecule has 0 atom stereocenters. The van der Waals surface area contributed by atoms with Gasteiger partial charge in [-0.25, -0.2) is 9.59 Å². The van der Waals surface area contributed by atoms with Gasteiger partial charge in [0.25, 0.3) is 0 Å². The summed E-state index contributed by atoms with van der Waals surface area (Å²) in [6.07, 6.45) is 0. The summed E-state index contributed by atoms with van der Waals surface area (Å²) in [6, 6.07) is 13.2. The monoisotopic (exact) mass is 304 g/mol. The smallest absolute Gasteiger partial charge is 0.337 e. The molecule has 5 nitrogen and oxygen atoms in total. The first kappa shape index (κ1) is 14.9. The number of hydrogen-bond donors (Lipinski definition) is 3. The molecule has 2 aromatic rings. The summed E-state index contributed by atoms with van der Waals surface area (Å²) in [4.78, 5) is 22.9. The lowest BCUT2D eigenvalue weighted by atomic mass is 10.2. The fourth-order valence-corrected chi connectivity index (χ4v) is 1.92. The van der Waals surface area contributed by atoms with Gasteiger partial charge in [-0.3, -0.25) is 0 Å². The average molecular weight is 305 g/mol. The lowest BCUT2D eigenvalue weighted by Crippen LogP contribution is -2.28. The molecule has 0 heterocycles. The Bertz CT molecular complexity index is 659. The van der Waals surface area contributed by atoms with Crippen LogP contribution in [0.3, 0.4) is 0 Å². The molecule has 0 spiro atoms. The van der Waals surface area contributed by atoms with E-state index >= 15 is 0 Å². The highest BCUT2D eigenvalue weighted by Crippen LogP contribution is 2.20. The van der Waals surface area contributed by atoms with Crippen molar-refractivity contribution in [2.45, 2.75) is 6.54 Å². The molecular weight excluding hydrogens is 292 g/mol. The Morgan fingerprint density at radius 2 is 1.81 bits per heavy atom. The van der Waals surface area contributed by atoms with Crippen molar-refractivity contribution in [3.63, 3.8) is 0 Å². The van der Waals surface area contributed by atoms with Gasteiger partial charge in [-0.1, -0.05) is 41.9 Å². The molecular formula is C15H13ClN2O3. The minimum absolute atomic E-state index is 0.0580. The largest absolute Gasteiger partial charge is 0.478 e. The van der Waals surface area contributed by atoms with Crippen LogP contribution in [0.15, 0.2) is 48.5 Å². The maximum Gasteiger partial charge on any atom is 0.337 e. The van der Waals surface area contributed by atoms with Crippen molar-refractivity contribution < 1.29 is 14.7 Å². The maximum absolute atomic E-state index is 11.8. The number of carboxylic acids is 1. The third kappa shape index (κ3) is 4.22. The summed E-state index contributed by atoms with van der Waals surface area (Å²) >= 11 is 5.75. The highest BCUT2D eigenvalue weighted by molar-refractivity contribution is 6.31. The molecule has 0 unspecified atom stereocenters. The molecule has 0 bridgehead atoms. The van der Waals surface area contributed by atoms with Gasteiger partial charge >= 0.3 is 12.0 Å². The maximum atomic E-state index is 11.8. The lowest BCUT2D eigenvalue weighted by molar-refractivity contribution is 0.0698. The summed E-state index contributed by atoms with van der Waals surface area (Å²) in [6.45, 7) is 0.350. The van der Waals surface area contributed by atoms with Gasteiger partial charge in [0.05, 0.1) is 11.3 Å². The topological polar surface area (TPSA) is 78.4 Å². The van der Waals surface area contributed by atoms with E-state index in [9.17, 15) is 9.59 Å². The quantitative estimate of drug-likeness (QED) is 0.810. The first-order valence-electron chi connectivity index (χ1n) is 6.18. The van der Waals surface area contributed by atoms with Crippen LogP contribution in [-0.4, -0.2) is 17.1 Å². The highest BCUT2D eigenvalue weighted by atomic mass is 35.5. The molecule has 2 rings (SSSR count). The van der Waals surface area contributed by atoms with Crippen LogP contribution < -0.4 is 10.6 Å². The first-order valence-corrected chi connectivity index (χ1v) is 6.55. The second-order valence-electron chi connectivity index (χ2n) is 4.29. The van der Waals surface area contributed by atoms with E-state index in [1.165, 1.54) is 18.2 Å². The van der Waals surface area contributed by atoms with Crippen molar-refractivity contribution in [2.75, 3.05) is 5.32 Å². The zero-order valence-electron chi connectivity index (χ0n) is 11.0. The van der Waals surface area contributed by atoms with Gasteiger partial charge in [-0.05, 0) is 23.8 Å². The Morgan fingerprint density at radius 3 is 2.48 bits per heavy atom. The number of halogens is 1. The molecule has 0 aromatic heterocycles. The predicted molar refractivity (Wildman–Crippen MR) is 80.7 cm³/mol. The summed E-state index contributed by atoms with van der Waals surface area (Å²) in [7, 11) is 0. The Kier molecular flexibility index (Phi) is 4.79. The van der Waals surface area contributed by atoms with Gasteiger partial charge in [-0.15, -0.1) is 0 Å². The number of rotatable bonds is 4. The fourth-order valence-electron chi connectivity index (χ4n) is 1.75. The molecule has 0 aliphatic heterocycles. The SMILES string of the molecule is O=C(NCc1ccccc1)Nc1ccc(Cl)cc1C(=O)O. The molecule has 0 fully saturated rings. The fraction of sp³-hybridized carbons (Fsp3) is 0.0667. The van der Waals surface area contributed by atoms with E-state index < -0.39 is 12.0 Å². The van der Waals surface area contributed by atoms with Crippen LogP contribution in [0, 0.1) is 0 Å². The minimum atomic E-state index is -1.16. The number of carbonyl (C=O) groups excluding carboxylic acids is 1. The van der Waals surface area contributed by atoms with Crippen molar-refractivity contribution in [3.05, 3.63) is 64.7 Å². The van der Waals surface area contributed by atoms with E-state index in [4.69, 9.17) is 16.7 Å². The summed E-state index contributed by atoms with van der Waals surface area (Å²) in [5, 5.41) is 14.5. The minimum Gasteiger partial charge on any atom is -0.478 e. The van der Waals surface area contributed by atoms with Gasteiger partial charge in [0.15, 0.2) is 0 Å². The normalized spacial score (nSPS) is 9.95. The second-order valence-corrected chi connectivity index (χ2v) is 4.72. The molecule has 0 aliphatic rings. The second kappa shape index (κ2) is 6.76. The van der Waals surface area contributed by atoms with Crippen LogP contribution in [0.5, 0.6) is 0 Å². The molecule has 0 aliphatic carbocycles. The van der Waals surface area contributed by atoms with Crippen LogP contribution in [0.1, 0.15) is 15.9 Å². The van der Waals surface area contributed by atoms with Gasteiger partial charge in [0.2, 0.25) is 0 Å².